The Kier molecular flexibility index (Phi) is 4.07. The van der Waals surface area contributed by atoms with Gasteiger partial charge >= 0.3 is 9.28 Å². The minimum atomic E-state index is -1.49. The van der Waals surface area contributed by atoms with Crippen molar-refractivity contribution in [2.45, 2.75) is 12.6 Å². The van der Waals surface area contributed by atoms with Crippen LogP contribution in [0.3, 0.4) is 0 Å². The fourth-order valence-corrected chi connectivity index (χ4v) is 1.58. The third-order valence-electron chi connectivity index (χ3n) is 0.894. The first-order chi connectivity index (χ1) is 3.72. The van der Waals surface area contributed by atoms with E-state index in [2.05, 4.69) is 0 Å². The van der Waals surface area contributed by atoms with Crippen molar-refractivity contribution in [3.63, 3.8) is 0 Å². The van der Waals surface area contributed by atoms with Crippen LogP contribution in [0.1, 0.15) is 6.92 Å². The Bertz CT molecular complexity index is 56.0. The lowest BCUT2D eigenvalue weighted by Gasteiger charge is -2.13. The van der Waals surface area contributed by atoms with Crippen LogP contribution in [0, 0.1) is 0 Å². The van der Waals surface area contributed by atoms with Gasteiger partial charge in [-0.1, -0.05) is 0 Å². The fourth-order valence-electron chi connectivity index (χ4n) is 0.526. The maximum absolute atomic E-state index is 5.47. The number of hydrogen-bond acceptors (Lipinski definition) is 3. The first kappa shape index (κ1) is 8.10. The molecule has 0 aliphatic heterocycles. The second-order valence-electron chi connectivity index (χ2n) is 1.70. The van der Waals surface area contributed by atoms with Gasteiger partial charge in [-0.3, -0.25) is 0 Å². The molecule has 4 heteroatoms. The van der Waals surface area contributed by atoms with Crippen LogP contribution in [0.15, 0.2) is 0 Å². The van der Waals surface area contributed by atoms with E-state index in [0.717, 1.165) is 0 Å². The summed E-state index contributed by atoms with van der Waals surface area (Å²) in [5.74, 6) is 0. The molecule has 3 nitrogen and oxygen atoms in total. The Morgan fingerprint density at radius 3 is 1.75 bits per heavy atom. The van der Waals surface area contributed by atoms with Gasteiger partial charge in [-0.05, 0) is 6.92 Å². The average Bonchev–Trinajstić information content (AvgIpc) is 1.69. The summed E-state index contributed by atoms with van der Waals surface area (Å²) in [5, 5.41) is 0. The maximum atomic E-state index is 5.47. The molecule has 0 aromatic rings. The summed E-state index contributed by atoms with van der Waals surface area (Å²) < 4.78 is 9.91. The molecule has 0 saturated carbocycles. The van der Waals surface area contributed by atoms with E-state index in [9.17, 15) is 0 Å². The molecule has 1 atom stereocenters. The zero-order valence-electron chi connectivity index (χ0n) is 5.55. The van der Waals surface area contributed by atoms with Crippen LogP contribution in [-0.4, -0.2) is 29.2 Å². The standard InChI is InChI=1S/C4H13NO2Si/c1-4(5)8(6-2)7-3/h4,8H,5H2,1-3H3. The van der Waals surface area contributed by atoms with Crippen molar-refractivity contribution in [1.82, 2.24) is 0 Å². The Labute approximate surface area is 51.6 Å². The number of hydrogen-bond donors (Lipinski definition) is 1. The summed E-state index contributed by atoms with van der Waals surface area (Å²) >= 11 is 0. The summed E-state index contributed by atoms with van der Waals surface area (Å²) in [6.45, 7) is 1.89. The molecule has 0 spiro atoms. The third kappa shape index (κ3) is 2.42. The van der Waals surface area contributed by atoms with Gasteiger partial charge in [0.2, 0.25) is 0 Å². The molecule has 0 amide bonds. The molecule has 0 rings (SSSR count). The van der Waals surface area contributed by atoms with Gasteiger partial charge in [0.1, 0.15) is 0 Å². The van der Waals surface area contributed by atoms with Gasteiger partial charge in [0, 0.05) is 19.9 Å². The van der Waals surface area contributed by atoms with Crippen LogP contribution >= 0.6 is 0 Å². The summed E-state index contributed by atoms with van der Waals surface area (Å²) in [6, 6.07) is 0. The lowest BCUT2D eigenvalue weighted by molar-refractivity contribution is 0.269. The lowest BCUT2D eigenvalue weighted by Crippen LogP contribution is -2.39. The zero-order chi connectivity index (χ0) is 6.57. The highest BCUT2D eigenvalue weighted by Gasteiger charge is 2.13. The Hall–Kier alpha value is 0.0969. The van der Waals surface area contributed by atoms with Crippen molar-refractivity contribution in [3.05, 3.63) is 0 Å². The molecular formula is C4H13NO2Si. The maximum Gasteiger partial charge on any atom is 0.337 e. The fraction of sp³-hybridized carbons (Fsp3) is 1.00. The normalized spacial score (nSPS) is 14.6. The molecule has 1 unspecified atom stereocenters. The highest BCUT2D eigenvalue weighted by atomic mass is 28.3. The molecule has 0 heterocycles. The first-order valence-electron chi connectivity index (χ1n) is 2.53. The SMILES string of the molecule is CO[SiH](OC)C(C)N. The van der Waals surface area contributed by atoms with Crippen LogP contribution in [0.2, 0.25) is 0 Å². The van der Waals surface area contributed by atoms with Crippen LogP contribution < -0.4 is 5.73 Å². The zero-order valence-corrected chi connectivity index (χ0v) is 6.70. The van der Waals surface area contributed by atoms with Gasteiger partial charge in [-0.2, -0.15) is 0 Å². The number of rotatable bonds is 3. The van der Waals surface area contributed by atoms with Crippen molar-refractivity contribution in [2.24, 2.45) is 5.73 Å². The van der Waals surface area contributed by atoms with Gasteiger partial charge in [-0.15, -0.1) is 0 Å². The predicted molar refractivity (Wildman–Crippen MR) is 34.8 cm³/mol. The van der Waals surface area contributed by atoms with E-state index in [0.29, 0.717) is 0 Å². The summed E-state index contributed by atoms with van der Waals surface area (Å²) in [6.07, 6.45) is 0. The van der Waals surface area contributed by atoms with E-state index >= 15 is 0 Å². The van der Waals surface area contributed by atoms with Crippen molar-refractivity contribution in [1.29, 1.82) is 0 Å². The van der Waals surface area contributed by atoms with E-state index in [1.165, 1.54) is 0 Å². The smallest absolute Gasteiger partial charge is 0.337 e. The minimum Gasteiger partial charge on any atom is -0.399 e. The Balaban J connectivity index is 3.35. The second-order valence-corrected chi connectivity index (χ2v) is 4.43. The second kappa shape index (κ2) is 4.02. The van der Waals surface area contributed by atoms with E-state index in [1.807, 2.05) is 6.92 Å². The summed E-state index contributed by atoms with van der Waals surface area (Å²) in [4.78, 5) is 0. The lowest BCUT2D eigenvalue weighted by atomic mass is 10.8. The van der Waals surface area contributed by atoms with Crippen LogP contribution in [0.4, 0.5) is 0 Å². The largest absolute Gasteiger partial charge is 0.399 e. The molecule has 8 heavy (non-hydrogen) atoms. The topological polar surface area (TPSA) is 44.5 Å². The molecule has 2 N–H and O–H groups in total. The summed E-state index contributed by atoms with van der Waals surface area (Å²) in [7, 11) is 1.77. The molecule has 0 radical (unpaired) electrons. The number of nitrogens with two attached hydrogens (primary N) is 1. The van der Waals surface area contributed by atoms with Crippen molar-refractivity contribution in [3.8, 4) is 0 Å². The van der Waals surface area contributed by atoms with E-state index in [-0.39, 0.29) is 5.67 Å². The van der Waals surface area contributed by atoms with Crippen molar-refractivity contribution >= 4 is 9.28 Å². The molecule has 0 aliphatic rings. The van der Waals surface area contributed by atoms with Crippen LogP contribution in [-0.2, 0) is 8.85 Å². The van der Waals surface area contributed by atoms with Gasteiger partial charge in [0.25, 0.3) is 0 Å². The quantitative estimate of drug-likeness (QED) is 0.525. The van der Waals surface area contributed by atoms with E-state index in [4.69, 9.17) is 14.6 Å². The highest BCUT2D eigenvalue weighted by molar-refractivity contribution is 6.46. The van der Waals surface area contributed by atoms with Crippen molar-refractivity contribution in [2.75, 3.05) is 14.2 Å². The van der Waals surface area contributed by atoms with Crippen LogP contribution in [0.5, 0.6) is 0 Å². The van der Waals surface area contributed by atoms with Gasteiger partial charge in [-0.25, -0.2) is 0 Å². The minimum absolute atomic E-state index is 0.0741. The molecule has 0 aliphatic carbocycles. The van der Waals surface area contributed by atoms with Gasteiger partial charge in [0.05, 0.1) is 0 Å². The van der Waals surface area contributed by atoms with Crippen molar-refractivity contribution < 1.29 is 8.85 Å². The molecule has 0 aromatic carbocycles. The molecular weight excluding hydrogens is 122 g/mol. The van der Waals surface area contributed by atoms with Gasteiger partial charge in [0.15, 0.2) is 0 Å². The average molecular weight is 135 g/mol. The van der Waals surface area contributed by atoms with E-state index < -0.39 is 9.28 Å². The molecule has 0 bridgehead atoms. The Morgan fingerprint density at radius 1 is 1.38 bits per heavy atom. The first-order valence-corrected chi connectivity index (χ1v) is 4.14. The van der Waals surface area contributed by atoms with E-state index in [1.54, 1.807) is 14.2 Å². The van der Waals surface area contributed by atoms with Gasteiger partial charge < -0.3 is 14.6 Å². The monoisotopic (exact) mass is 135 g/mol. The molecule has 0 saturated heterocycles. The summed E-state index contributed by atoms with van der Waals surface area (Å²) in [5.41, 5.74) is 5.54. The van der Waals surface area contributed by atoms with Crippen LogP contribution in [0.25, 0.3) is 0 Å². The molecule has 50 valence electrons. The molecule has 0 aromatic heterocycles. The highest BCUT2D eigenvalue weighted by Crippen LogP contribution is 1.87. The Morgan fingerprint density at radius 2 is 1.75 bits per heavy atom. The predicted octanol–water partition coefficient (Wildman–Crippen LogP) is -0.614. The molecule has 0 fully saturated rings. The third-order valence-corrected chi connectivity index (χ3v) is 2.68.